The molecule has 13 heavy (non-hydrogen) atoms. The van der Waals surface area contributed by atoms with Gasteiger partial charge in [0.1, 0.15) is 0 Å². The average molecular weight is 198 g/mol. The number of thiophene rings is 1. The number of hydrogen-bond acceptors (Lipinski definition) is 4. The van der Waals surface area contributed by atoms with Crippen LogP contribution in [0.1, 0.15) is 21.5 Å². The Hall–Kier alpha value is -1.36. The molecule has 1 heterocycles. The Morgan fingerprint density at radius 2 is 2.23 bits per heavy atom. The van der Waals surface area contributed by atoms with Crippen LogP contribution < -0.4 is 5.73 Å². The van der Waals surface area contributed by atoms with Gasteiger partial charge in [0.2, 0.25) is 5.90 Å². The lowest BCUT2D eigenvalue weighted by Gasteiger charge is -1.99. The summed E-state index contributed by atoms with van der Waals surface area (Å²) in [5.74, 6) is -0.388. The van der Waals surface area contributed by atoms with Crippen molar-refractivity contribution < 1.29 is 9.53 Å². The summed E-state index contributed by atoms with van der Waals surface area (Å²) < 4.78 is 4.96. The minimum Gasteiger partial charge on any atom is -0.477 e. The Labute approximate surface area is 79.8 Å². The standard InChI is InChI=1S/C8H10N2O2S/c1-2-12-8(10)6-4-3-5(13-6)7(9)11/h3-4,10H,2H2,1H3,(H2,9,11). The molecule has 5 heteroatoms. The van der Waals surface area contributed by atoms with E-state index in [9.17, 15) is 4.79 Å². The summed E-state index contributed by atoms with van der Waals surface area (Å²) in [6.45, 7) is 2.25. The third-order valence-electron chi connectivity index (χ3n) is 1.36. The van der Waals surface area contributed by atoms with Crippen LogP contribution in [0, 0.1) is 5.41 Å². The predicted molar refractivity (Wildman–Crippen MR) is 51.3 cm³/mol. The Morgan fingerprint density at radius 1 is 1.62 bits per heavy atom. The molecule has 1 amide bonds. The molecule has 0 radical (unpaired) electrons. The maximum absolute atomic E-state index is 10.7. The Bertz CT molecular complexity index is 333. The van der Waals surface area contributed by atoms with Crippen LogP contribution in [0.15, 0.2) is 12.1 Å². The quantitative estimate of drug-likeness (QED) is 0.565. The minimum atomic E-state index is -0.472. The summed E-state index contributed by atoms with van der Waals surface area (Å²) in [7, 11) is 0. The second-order valence-corrected chi connectivity index (χ2v) is 3.37. The highest BCUT2D eigenvalue weighted by atomic mass is 32.1. The lowest BCUT2D eigenvalue weighted by atomic mass is 10.4. The topological polar surface area (TPSA) is 76.2 Å². The van der Waals surface area contributed by atoms with Gasteiger partial charge in [-0.15, -0.1) is 11.3 Å². The smallest absolute Gasteiger partial charge is 0.258 e. The average Bonchev–Trinajstić information content (AvgIpc) is 2.52. The lowest BCUT2D eigenvalue weighted by Crippen LogP contribution is -2.08. The second-order valence-electron chi connectivity index (χ2n) is 2.29. The number of amides is 1. The van der Waals surface area contributed by atoms with Crippen LogP contribution in [0.5, 0.6) is 0 Å². The second kappa shape index (κ2) is 4.04. The SMILES string of the molecule is CCOC(=N)c1ccc(C(N)=O)s1. The largest absolute Gasteiger partial charge is 0.477 e. The number of rotatable bonds is 3. The van der Waals surface area contributed by atoms with Crippen molar-refractivity contribution in [1.82, 2.24) is 0 Å². The van der Waals surface area contributed by atoms with Crippen LogP contribution in [0.2, 0.25) is 0 Å². The normalized spacial score (nSPS) is 9.62. The lowest BCUT2D eigenvalue weighted by molar-refractivity contribution is 0.100. The highest BCUT2D eigenvalue weighted by molar-refractivity contribution is 7.15. The first-order valence-electron chi connectivity index (χ1n) is 3.76. The van der Waals surface area contributed by atoms with E-state index in [0.29, 0.717) is 16.4 Å². The van der Waals surface area contributed by atoms with E-state index in [4.69, 9.17) is 15.9 Å². The molecule has 1 aromatic heterocycles. The number of primary amides is 1. The number of nitrogens with one attached hydrogen (secondary N) is 1. The van der Waals surface area contributed by atoms with E-state index in [1.54, 1.807) is 19.1 Å². The van der Waals surface area contributed by atoms with Crippen LogP contribution in [0.3, 0.4) is 0 Å². The summed E-state index contributed by atoms with van der Waals surface area (Å²) in [5, 5.41) is 7.42. The van der Waals surface area contributed by atoms with Gasteiger partial charge in [0.05, 0.1) is 16.4 Å². The summed E-state index contributed by atoms with van der Waals surface area (Å²) in [4.78, 5) is 11.8. The molecule has 0 bridgehead atoms. The molecule has 0 fully saturated rings. The molecule has 0 spiro atoms. The first kappa shape index (κ1) is 9.73. The third kappa shape index (κ3) is 2.29. The number of carbonyl (C=O) groups excluding carboxylic acids is 1. The third-order valence-corrected chi connectivity index (χ3v) is 2.46. The molecule has 0 saturated carbocycles. The molecule has 4 nitrogen and oxygen atoms in total. The van der Waals surface area contributed by atoms with Crippen molar-refractivity contribution in [2.75, 3.05) is 6.61 Å². The van der Waals surface area contributed by atoms with E-state index in [0.717, 1.165) is 11.3 Å². The summed E-state index contributed by atoms with van der Waals surface area (Å²) in [5.41, 5.74) is 5.06. The molecule has 0 aliphatic carbocycles. The van der Waals surface area contributed by atoms with Gasteiger partial charge >= 0.3 is 0 Å². The summed E-state index contributed by atoms with van der Waals surface area (Å²) in [6, 6.07) is 3.25. The zero-order chi connectivity index (χ0) is 9.84. The number of ether oxygens (including phenoxy) is 1. The van der Waals surface area contributed by atoms with Crippen molar-refractivity contribution in [3.8, 4) is 0 Å². The van der Waals surface area contributed by atoms with Crippen LogP contribution in [-0.2, 0) is 4.74 Å². The van der Waals surface area contributed by atoms with Gasteiger partial charge in [-0.2, -0.15) is 0 Å². The van der Waals surface area contributed by atoms with E-state index in [-0.39, 0.29) is 5.90 Å². The van der Waals surface area contributed by atoms with E-state index in [1.165, 1.54) is 0 Å². The van der Waals surface area contributed by atoms with Gasteiger partial charge in [-0.1, -0.05) is 0 Å². The monoisotopic (exact) mass is 198 g/mol. The molecule has 3 N–H and O–H groups in total. The van der Waals surface area contributed by atoms with Gasteiger partial charge < -0.3 is 10.5 Å². The molecular weight excluding hydrogens is 188 g/mol. The van der Waals surface area contributed by atoms with Crippen molar-refractivity contribution >= 4 is 23.1 Å². The van der Waals surface area contributed by atoms with Gasteiger partial charge in [0, 0.05) is 0 Å². The molecule has 1 rings (SSSR count). The maximum atomic E-state index is 10.7. The fraction of sp³-hybridized carbons (Fsp3) is 0.250. The van der Waals surface area contributed by atoms with Crippen molar-refractivity contribution in [3.05, 3.63) is 21.9 Å². The highest BCUT2D eigenvalue weighted by Crippen LogP contribution is 2.16. The molecule has 0 atom stereocenters. The van der Waals surface area contributed by atoms with Crippen LogP contribution in [-0.4, -0.2) is 18.4 Å². The van der Waals surface area contributed by atoms with Crippen LogP contribution in [0.25, 0.3) is 0 Å². The Kier molecular flexibility index (Phi) is 3.02. The van der Waals surface area contributed by atoms with Crippen molar-refractivity contribution in [3.63, 3.8) is 0 Å². The zero-order valence-electron chi connectivity index (χ0n) is 7.16. The first-order valence-corrected chi connectivity index (χ1v) is 4.58. The molecule has 0 aliphatic rings. The molecule has 0 saturated heterocycles. The molecule has 0 aromatic carbocycles. The number of nitrogens with two attached hydrogens (primary N) is 1. The van der Waals surface area contributed by atoms with Crippen molar-refractivity contribution in [2.45, 2.75) is 6.92 Å². The molecule has 1 aromatic rings. The van der Waals surface area contributed by atoms with E-state index in [2.05, 4.69) is 0 Å². The molecule has 70 valence electrons. The number of carbonyl (C=O) groups is 1. The fourth-order valence-corrected chi connectivity index (χ4v) is 1.57. The Balaban J connectivity index is 2.79. The summed E-state index contributed by atoms with van der Waals surface area (Å²) >= 11 is 1.16. The van der Waals surface area contributed by atoms with Gasteiger partial charge in [0.25, 0.3) is 5.91 Å². The van der Waals surface area contributed by atoms with Gasteiger partial charge in [-0.25, -0.2) is 0 Å². The molecule has 0 unspecified atom stereocenters. The van der Waals surface area contributed by atoms with Crippen molar-refractivity contribution in [2.24, 2.45) is 5.73 Å². The van der Waals surface area contributed by atoms with E-state index < -0.39 is 5.91 Å². The van der Waals surface area contributed by atoms with Crippen LogP contribution in [0.4, 0.5) is 0 Å². The van der Waals surface area contributed by atoms with Gasteiger partial charge in [-0.05, 0) is 19.1 Å². The number of hydrogen-bond donors (Lipinski definition) is 2. The Morgan fingerprint density at radius 3 is 2.69 bits per heavy atom. The first-order chi connectivity index (χ1) is 6.15. The van der Waals surface area contributed by atoms with E-state index in [1.807, 2.05) is 0 Å². The predicted octanol–water partition coefficient (Wildman–Crippen LogP) is 1.21. The van der Waals surface area contributed by atoms with Crippen molar-refractivity contribution in [1.29, 1.82) is 5.41 Å². The molecular formula is C8H10N2O2S. The minimum absolute atomic E-state index is 0.0833. The van der Waals surface area contributed by atoms with Crippen LogP contribution >= 0.6 is 11.3 Å². The fourth-order valence-electron chi connectivity index (χ4n) is 0.808. The zero-order valence-corrected chi connectivity index (χ0v) is 7.98. The van der Waals surface area contributed by atoms with Gasteiger partial charge in [-0.3, -0.25) is 10.2 Å². The van der Waals surface area contributed by atoms with E-state index >= 15 is 0 Å². The highest BCUT2D eigenvalue weighted by Gasteiger charge is 2.08. The summed E-state index contributed by atoms with van der Waals surface area (Å²) in [6.07, 6.45) is 0. The van der Waals surface area contributed by atoms with Gasteiger partial charge in [0.15, 0.2) is 0 Å². The molecule has 0 aliphatic heterocycles. The maximum Gasteiger partial charge on any atom is 0.258 e.